The van der Waals surface area contributed by atoms with E-state index in [2.05, 4.69) is 0 Å². The van der Waals surface area contributed by atoms with Crippen LogP contribution >= 0.6 is 11.6 Å². The maximum atomic E-state index is 12.7. The van der Waals surface area contributed by atoms with Crippen molar-refractivity contribution in [2.45, 2.75) is 44.2 Å². The Bertz CT molecular complexity index is 251. The standard InChI is InChI=1S/C11H17ClFNO/c12-9(13)10(15)14-7-6-11(8-14)4-2-1-3-5-11/h9H,1-8H2. The molecule has 0 aromatic rings. The molecule has 2 fully saturated rings. The monoisotopic (exact) mass is 233 g/mol. The molecule has 1 aliphatic carbocycles. The molecule has 1 heterocycles. The van der Waals surface area contributed by atoms with Gasteiger partial charge in [0.1, 0.15) is 0 Å². The largest absolute Gasteiger partial charge is 0.338 e. The molecule has 2 rings (SSSR count). The van der Waals surface area contributed by atoms with Crippen LogP contribution in [0.3, 0.4) is 0 Å². The normalized spacial score (nSPS) is 26.9. The number of halogens is 2. The highest BCUT2D eigenvalue weighted by molar-refractivity contribution is 6.29. The summed E-state index contributed by atoms with van der Waals surface area (Å²) in [5.74, 6) is -0.542. The highest BCUT2D eigenvalue weighted by Crippen LogP contribution is 2.43. The number of rotatable bonds is 1. The molecule has 1 amide bonds. The Kier molecular flexibility index (Phi) is 3.19. The molecule has 0 bridgehead atoms. The SMILES string of the molecule is O=C(C(F)Cl)N1CCC2(CCCCC2)C1. The molecule has 1 atom stereocenters. The molecule has 1 saturated carbocycles. The van der Waals surface area contributed by atoms with Gasteiger partial charge in [-0.2, -0.15) is 0 Å². The van der Waals surface area contributed by atoms with Gasteiger partial charge in [0.15, 0.2) is 0 Å². The smallest absolute Gasteiger partial charge is 0.272 e. The van der Waals surface area contributed by atoms with Crippen LogP contribution in [0, 0.1) is 5.41 Å². The Morgan fingerprint density at radius 3 is 2.53 bits per heavy atom. The van der Waals surface area contributed by atoms with Crippen LogP contribution in [-0.4, -0.2) is 29.5 Å². The molecular weight excluding hydrogens is 217 g/mol. The summed E-state index contributed by atoms with van der Waals surface area (Å²) in [6.45, 7) is 1.41. The molecule has 0 radical (unpaired) electrons. The summed E-state index contributed by atoms with van der Waals surface area (Å²) in [5.41, 5.74) is -1.57. The van der Waals surface area contributed by atoms with E-state index in [1.165, 1.54) is 32.1 Å². The Morgan fingerprint density at radius 2 is 1.93 bits per heavy atom. The van der Waals surface area contributed by atoms with Crippen molar-refractivity contribution in [3.8, 4) is 0 Å². The first-order chi connectivity index (χ1) is 7.13. The van der Waals surface area contributed by atoms with Crippen molar-refractivity contribution in [2.24, 2.45) is 5.41 Å². The zero-order chi connectivity index (χ0) is 10.9. The third-order valence-corrected chi connectivity index (χ3v) is 4.04. The average molecular weight is 234 g/mol. The third kappa shape index (κ3) is 2.27. The van der Waals surface area contributed by atoms with Gasteiger partial charge in [0.2, 0.25) is 0 Å². The Hall–Kier alpha value is -0.310. The molecule has 2 aliphatic rings. The van der Waals surface area contributed by atoms with E-state index in [0.29, 0.717) is 12.0 Å². The lowest BCUT2D eigenvalue weighted by Gasteiger charge is -2.33. The van der Waals surface area contributed by atoms with Gasteiger partial charge >= 0.3 is 0 Å². The molecule has 1 aliphatic heterocycles. The fraction of sp³-hybridized carbons (Fsp3) is 0.909. The molecule has 1 unspecified atom stereocenters. The van der Waals surface area contributed by atoms with Crippen molar-refractivity contribution in [3.63, 3.8) is 0 Å². The Balaban J connectivity index is 1.96. The maximum absolute atomic E-state index is 12.7. The van der Waals surface area contributed by atoms with Crippen LogP contribution in [0.15, 0.2) is 0 Å². The Labute approximate surface area is 94.8 Å². The zero-order valence-electron chi connectivity index (χ0n) is 8.85. The van der Waals surface area contributed by atoms with Crippen molar-refractivity contribution in [1.29, 1.82) is 0 Å². The van der Waals surface area contributed by atoms with E-state index < -0.39 is 11.5 Å². The van der Waals surface area contributed by atoms with E-state index in [4.69, 9.17) is 11.6 Å². The van der Waals surface area contributed by atoms with E-state index in [9.17, 15) is 9.18 Å². The molecule has 1 spiro atoms. The minimum Gasteiger partial charge on any atom is -0.338 e. The molecular formula is C11H17ClFNO. The summed E-state index contributed by atoms with van der Waals surface area (Å²) in [5, 5.41) is 0. The molecule has 15 heavy (non-hydrogen) atoms. The number of likely N-dealkylation sites (tertiary alicyclic amines) is 1. The van der Waals surface area contributed by atoms with Crippen molar-refractivity contribution in [2.75, 3.05) is 13.1 Å². The van der Waals surface area contributed by atoms with E-state index >= 15 is 0 Å². The van der Waals surface area contributed by atoms with Gasteiger partial charge in [0, 0.05) is 13.1 Å². The molecule has 0 aromatic carbocycles. The second kappa shape index (κ2) is 4.28. The van der Waals surface area contributed by atoms with E-state index in [0.717, 1.165) is 13.0 Å². The second-order valence-corrected chi connectivity index (χ2v) is 5.25. The van der Waals surface area contributed by atoms with Crippen LogP contribution in [-0.2, 0) is 4.79 Å². The van der Waals surface area contributed by atoms with Gasteiger partial charge in [-0.25, -0.2) is 4.39 Å². The van der Waals surface area contributed by atoms with Crippen LogP contribution in [0.2, 0.25) is 0 Å². The first-order valence-electron chi connectivity index (χ1n) is 5.70. The minimum atomic E-state index is -1.86. The average Bonchev–Trinajstić information content (AvgIpc) is 2.62. The van der Waals surface area contributed by atoms with Gasteiger partial charge in [-0.3, -0.25) is 4.79 Å². The number of carbonyl (C=O) groups is 1. The van der Waals surface area contributed by atoms with E-state index in [1.54, 1.807) is 4.90 Å². The lowest BCUT2D eigenvalue weighted by molar-refractivity contribution is -0.133. The van der Waals surface area contributed by atoms with Gasteiger partial charge in [0.25, 0.3) is 11.5 Å². The fourth-order valence-corrected chi connectivity index (χ4v) is 3.11. The van der Waals surface area contributed by atoms with Crippen molar-refractivity contribution in [1.82, 2.24) is 4.90 Å². The number of hydrogen-bond donors (Lipinski definition) is 0. The van der Waals surface area contributed by atoms with Gasteiger partial charge in [-0.15, -0.1) is 0 Å². The van der Waals surface area contributed by atoms with Crippen molar-refractivity contribution < 1.29 is 9.18 Å². The fourth-order valence-electron chi connectivity index (χ4n) is 2.97. The van der Waals surface area contributed by atoms with E-state index in [-0.39, 0.29) is 0 Å². The van der Waals surface area contributed by atoms with Crippen LogP contribution in [0.5, 0.6) is 0 Å². The van der Waals surface area contributed by atoms with Crippen LogP contribution in [0.25, 0.3) is 0 Å². The van der Waals surface area contributed by atoms with Crippen LogP contribution in [0.1, 0.15) is 38.5 Å². The predicted molar refractivity (Wildman–Crippen MR) is 57.5 cm³/mol. The summed E-state index contributed by atoms with van der Waals surface area (Å²) in [4.78, 5) is 13.0. The molecule has 1 saturated heterocycles. The highest BCUT2D eigenvalue weighted by atomic mass is 35.5. The van der Waals surface area contributed by atoms with Crippen molar-refractivity contribution in [3.05, 3.63) is 0 Å². The lowest BCUT2D eigenvalue weighted by atomic mass is 9.73. The number of alkyl halides is 2. The first kappa shape index (κ1) is 11.2. The summed E-state index contributed by atoms with van der Waals surface area (Å²) >= 11 is 5.18. The van der Waals surface area contributed by atoms with Gasteiger partial charge in [-0.05, 0) is 24.7 Å². The zero-order valence-corrected chi connectivity index (χ0v) is 9.60. The number of amides is 1. The summed E-state index contributed by atoms with van der Waals surface area (Å²) < 4.78 is 12.7. The summed E-state index contributed by atoms with van der Waals surface area (Å²) in [7, 11) is 0. The second-order valence-electron chi connectivity index (χ2n) is 4.87. The topological polar surface area (TPSA) is 20.3 Å². The number of carbonyl (C=O) groups excluding carboxylic acids is 1. The minimum absolute atomic E-state index is 0.291. The lowest BCUT2D eigenvalue weighted by Crippen LogP contribution is -2.36. The first-order valence-corrected chi connectivity index (χ1v) is 6.14. The number of hydrogen-bond acceptors (Lipinski definition) is 1. The highest BCUT2D eigenvalue weighted by Gasteiger charge is 2.41. The number of nitrogens with zero attached hydrogens (tertiary/aromatic N) is 1. The third-order valence-electron chi connectivity index (χ3n) is 3.85. The summed E-state index contributed by atoms with van der Waals surface area (Å²) in [6.07, 6.45) is 7.22. The molecule has 0 N–H and O–H groups in total. The van der Waals surface area contributed by atoms with Gasteiger partial charge in [0.05, 0.1) is 0 Å². The summed E-state index contributed by atoms with van der Waals surface area (Å²) in [6, 6.07) is 0. The quantitative estimate of drug-likeness (QED) is 0.638. The van der Waals surface area contributed by atoms with E-state index in [1.807, 2.05) is 0 Å². The van der Waals surface area contributed by atoms with Gasteiger partial charge in [-0.1, -0.05) is 30.9 Å². The maximum Gasteiger partial charge on any atom is 0.272 e. The molecule has 0 aromatic heterocycles. The molecule has 4 heteroatoms. The van der Waals surface area contributed by atoms with Gasteiger partial charge < -0.3 is 4.90 Å². The van der Waals surface area contributed by atoms with Crippen LogP contribution in [0.4, 0.5) is 4.39 Å². The van der Waals surface area contributed by atoms with Crippen LogP contribution < -0.4 is 0 Å². The molecule has 2 nitrogen and oxygen atoms in total. The Morgan fingerprint density at radius 1 is 1.27 bits per heavy atom. The van der Waals surface area contributed by atoms with Crippen molar-refractivity contribution >= 4 is 17.5 Å². The predicted octanol–water partition coefficient (Wildman–Crippen LogP) is 2.70. The molecule has 86 valence electrons.